The molecule has 0 spiro atoms. The van der Waals surface area contributed by atoms with Crippen LogP contribution in [-0.4, -0.2) is 48.3 Å². The van der Waals surface area contributed by atoms with Crippen LogP contribution < -0.4 is 10.2 Å². The Bertz CT molecular complexity index is 800. The van der Waals surface area contributed by atoms with Gasteiger partial charge in [0.05, 0.1) is 11.7 Å². The van der Waals surface area contributed by atoms with Gasteiger partial charge in [-0.05, 0) is 51.1 Å². The number of nitriles is 1. The highest BCUT2D eigenvalue weighted by Crippen LogP contribution is 2.25. The summed E-state index contributed by atoms with van der Waals surface area (Å²) in [5.74, 6) is 0.547. The lowest BCUT2D eigenvalue weighted by Gasteiger charge is -2.34. The number of hydrogen-bond donors (Lipinski definition) is 1. The molecule has 0 unspecified atom stereocenters. The zero-order valence-electron chi connectivity index (χ0n) is 16.0. The fourth-order valence-electron chi connectivity index (χ4n) is 3.17. The topological polar surface area (TPSA) is 68.1 Å². The first-order chi connectivity index (χ1) is 12.5. The molecule has 1 N–H and O–H groups in total. The van der Waals surface area contributed by atoms with E-state index in [1.54, 1.807) is 0 Å². The van der Waals surface area contributed by atoms with E-state index < -0.39 is 0 Å². The molecule has 26 heavy (non-hydrogen) atoms. The highest BCUT2D eigenvalue weighted by atomic mass is 15.2. The molecule has 1 atom stereocenters. The fraction of sp³-hybridized carbons (Fsp3) is 0.450. The molecule has 2 heterocycles. The fourth-order valence-corrected chi connectivity index (χ4v) is 3.17. The second-order valence-corrected chi connectivity index (χ2v) is 6.99. The van der Waals surface area contributed by atoms with E-state index in [0.717, 1.165) is 43.0 Å². The van der Waals surface area contributed by atoms with Crippen molar-refractivity contribution in [1.29, 1.82) is 5.26 Å². The average Bonchev–Trinajstić information content (AvgIpc) is 2.66. The van der Waals surface area contributed by atoms with Crippen LogP contribution in [0.15, 0.2) is 24.3 Å². The molecular weight excluding hydrogens is 324 g/mol. The summed E-state index contributed by atoms with van der Waals surface area (Å²) in [6.07, 6.45) is 0. The second kappa shape index (κ2) is 7.71. The van der Waals surface area contributed by atoms with E-state index in [0.29, 0.717) is 11.4 Å². The molecule has 1 saturated heterocycles. The zero-order chi connectivity index (χ0) is 18.7. The van der Waals surface area contributed by atoms with Crippen molar-refractivity contribution in [3.8, 4) is 6.07 Å². The number of benzene rings is 1. The second-order valence-electron chi connectivity index (χ2n) is 6.99. The lowest BCUT2D eigenvalue weighted by molar-refractivity contribution is 0.313. The molecule has 0 saturated carbocycles. The van der Waals surface area contributed by atoms with Gasteiger partial charge in [-0.3, -0.25) is 0 Å². The summed E-state index contributed by atoms with van der Waals surface area (Å²) in [7, 11) is 2.17. The maximum absolute atomic E-state index is 9.44. The Morgan fingerprint density at radius 2 is 1.73 bits per heavy atom. The number of nitrogens with one attached hydrogen (secondary N) is 1. The van der Waals surface area contributed by atoms with Crippen molar-refractivity contribution >= 4 is 11.5 Å². The van der Waals surface area contributed by atoms with Crippen LogP contribution in [0.3, 0.4) is 0 Å². The van der Waals surface area contributed by atoms with E-state index in [4.69, 9.17) is 0 Å². The molecule has 136 valence electrons. The maximum Gasteiger partial charge on any atom is 0.167 e. The quantitative estimate of drug-likeness (QED) is 0.914. The van der Waals surface area contributed by atoms with Crippen LogP contribution in [0.2, 0.25) is 0 Å². The molecule has 0 aliphatic carbocycles. The van der Waals surface area contributed by atoms with Crippen LogP contribution >= 0.6 is 0 Å². The third kappa shape index (κ3) is 3.78. The first kappa shape index (κ1) is 18.2. The molecule has 0 amide bonds. The summed E-state index contributed by atoms with van der Waals surface area (Å²) in [4.78, 5) is 4.78. The van der Waals surface area contributed by atoms with Crippen LogP contribution in [0.4, 0.5) is 11.5 Å². The summed E-state index contributed by atoms with van der Waals surface area (Å²) in [5.41, 5.74) is 4.65. The van der Waals surface area contributed by atoms with Crippen LogP contribution in [0.1, 0.15) is 35.3 Å². The van der Waals surface area contributed by atoms with Crippen molar-refractivity contribution in [2.24, 2.45) is 0 Å². The number of rotatable bonds is 4. The van der Waals surface area contributed by atoms with Gasteiger partial charge in [-0.2, -0.15) is 10.4 Å². The van der Waals surface area contributed by atoms with E-state index in [9.17, 15) is 5.26 Å². The van der Waals surface area contributed by atoms with Gasteiger partial charge in [-0.15, -0.1) is 5.10 Å². The van der Waals surface area contributed by atoms with Crippen LogP contribution in [-0.2, 0) is 0 Å². The van der Waals surface area contributed by atoms with E-state index in [1.807, 2.05) is 13.8 Å². The Labute approximate surface area is 155 Å². The zero-order valence-corrected chi connectivity index (χ0v) is 16.0. The van der Waals surface area contributed by atoms with Crippen LogP contribution in [0, 0.1) is 25.2 Å². The van der Waals surface area contributed by atoms with Gasteiger partial charge >= 0.3 is 0 Å². The molecule has 3 rings (SSSR count). The number of aromatic nitrogens is 2. The monoisotopic (exact) mass is 350 g/mol. The predicted molar refractivity (Wildman–Crippen MR) is 104 cm³/mol. The number of nitrogens with zero attached hydrogens (tertiary/aromatic N) is 5. The largest absolute Gasteiger partial charge is 0.369 e. The van der Waals surface area contributed by atoms with Gasteiger partial charge in [0.25, 0.3) is 0 Å². The summed E-state index contributed by atoms with van der Waals surface area (Å²) in [5, 5.41) is 21.1. The van der Waals surface area contributed by atoms with Crippen molar-refractivity contribution in [3.63, 3.8) is 0 Å². The summed E-state index contributed by atoms with van der Waals surface area (Å²) in [6, 6.07) is 10.9. The summed E-state index contributed by atoms with van der Waals surface area (Å²) in [6.45, 7) is 10.2. The first-order valence-corrected chi connectivity index (χ1v) is 9.03. The minimum atomic E-state index is 0.0417. The van der Waals surface area contributed by atoms with Gasteiger partial charge in [-0.1, -0.05) is 12.1 Å². The number of anilines is 2. The third-order valence-electron chi connectivity index (χ3n) is 5.18. The molecule has 0 radical (unpaired) electrons. The molecule has 1 fully saturated rings. The number of aryl methyl sites for hydroxylation is 1. The Balaban J connectivity index is 1.72. The van der Waals surface area contributed by atoms with Gasteiger partial charge < -0.3 is 15.1 Å². The molecule has 1 aliphatic rings. The highest BCUT2D eigenvalue weighted by Gasteiger charge is 2.16. The Kier molecular flexibility index (Phi) is 5.38. The molecular formula is C20H26N6. The SMILES string of the molecule is Cc1nnc(N[C@@H](C)c2ccc(N3CCN(C)CC3)cc2)c(C#N)c1C. The lowest BCUT2D eigenvalue weighted by atomic mass is 10.1. The molecule has 6 nitrogen and oxygen atoms in total. The molecule has 1 aliphatic heterocycles. The predicted octanol–water partition coefficient (Wildman–Crippen LogP) is 2.89. The molecule has 1 aromatic carbocycles. The normalized spacial score (nSPS) is 16.2. The Morgan fingerprint density at radius 3 is 2.35 bits per heavy atom. The standard InChI is InChI=1S/C20H26N6/c1-14-15(2)23-24-20(19(14)13-21)22-16(3)17-5-7-18(8-6-17)26-11-9-25(4)10-12-26/h5-8,16H,9-12H2,1-4H3,(H,22,24)/t16-/m0/s1. The van der Waals surface area contributed by atoms with Gasteiger partial charge in [-0.25, -0.2) is 0 Å². The van der Waals surface area contributed by atoms with Crippen LogP contribution in [0.25, 0.3) is 0 Å². The van der Waals surface area contributed by atoms with Gasteiger partial charge in [0.1, 0.15) is 11.6 Å². The molecule has 6 heteroatoms. The van der Waals surface area contributed by atoms with Crippen LogP contribution in [0.5, 0.6) is 0 Å². The number of piperazine rings is 1. The smallest absolute Gasteiger partial charge is 0.167 e. The lowest BCUT2D eigenvalue weighted by Crippen LogP contribution is -2.44. The number of likely N-dealkylation sites (N-methyl/N-ethyl adjacent to an activating group) is 1. The van der Waals surface area contributed by atoms with Crippen molar-refractivity contribution < 1.29 is 0 Å². The average molecular weight is 350 g/mol. The minimum absolute atomic E-state index is 0.0417. The summed E-state index contributed by atoms with van der Waals surface area (Å²) < 4.78 is 0. The molecule has 2 aromatic rings. The van der Waals surface area contributed by atoms with E-state index in [1.165, 1.54) is 5.69 Å². The Morgan fingerprint density at radius 1 is 1.08 bits per heavy atom. The van der Waals surface area contributed by atoms with Crippen molar-refractivity contribution in [1.82, 2.24) is 15.1 Å². The Hall–Kier alpha value is -2.65. The minimum Gasteiger partial charge on any atom is -0.369 e. The molecule has 0 bridgehead atoms. The van der Waals surface area contributed by atoms with Gasteiger partial charge in [0.2, 0.25) is 0 Å². The third-order valence-corrected chi connectivity index (χ3v) is 5.18. The van der Waals surface area contributed by atoms with Crippen molar-refractivity contribution in [2.45, 2.75) is 26.8 Å². The number of hydrogen-bond acceptors (Lipinski definition) is 6. The maximum atomic E-state index is 9.44. The van der Waals surface area contributed by atoms with E-state index in [-0.39, 0.29) is 6.04 Å². The van der Waals surface area contributed by atoms with Gasteiger partial charge in [0.15, 0.2) is 5.82 Å². The van der Waals surface area contributed by atoms with E-state index in [2.05, 4.69) is 69.6 Å². The molecule has 1 aromatic heterocycles. The van der Waals surface area contributed by atoms with Crippen molar-refractivity contribution in [3.05, 3.63) is 46.6 Å². The van der Waals surface area contributed by atoms with Crippen molar-refractivity contribution in [2.75, 3.05) is 43.4 Å². The summed E-state index contributed by atoms with van der Waals surface area (Å²) >= 11 is 0. The first-order valence-electron chi connectivity index (χ1n) is 9.03. The van der Waals surface area contributed by atoms with Gasteiger partial charge in [0, 0.05) is 31.9 Å². The highest BCUT2D eigenvalue weighted by molar-refractivity contribution is 5.57. The van der Waals surface area contributed by atoms with E-state index >= 15 is 0 Å².